The third kappa shape index (κ3) is 5.59. The molecule has 2 aliphatic carbocycles. The molecule has 2 atom stereocenters. The third-order valence-corrected chi connectivity index (χ3v) is 14.2. The number of fused-ring (bicyclic) bond motifs is 2. The number of ether oxygens (including phenoxy) is 2. The normalized spacial score (nSPS) is 23.2. The first-order valence-corrected chi connectivity index (χ1v) is 20.2. The van der Waals surface area contributed by atoms with Crippen molar-refractivity contribution < 1.29 is 19.1 Å². The highest BCUT2D eigenvalue weighted by Gasteiger charge is 2.55. The largest absolute Gasteiger partial charge is 0.496 e. The molecule has 0 saturated carbocycles. The van der Waals surface area contributed by atoms with E-state index in [9.17, 15) is 9.59 Å². The molecule has 11 heteroatoms. The second kappa shape index (κ2) is 12.9. The Kier molecular flexibility index (Phi) is 8.31. The van der Waals surface area contributed by atoms with Crippen LogP contribution in [0.15, 0.2) is 54.6 Å². The maximum Gasteiger partial charge on any atom is 0.220 e. The number of aromatic nitrogens is 1. The SMILES string of the molecule is COc1cc(-c2cccc(-c3cccc(-c4cc5c(c(OC)n4)[C@@H](N4CC6(CNC(=O)C6)C4)CC5)c3Cl)c2Cl)cc2c1[C@H](N1CC3(CN(C(C)=O)C3)C1)CC2. The van der Waals surface area contributed by atoms with Crippen molar-refractivity contribution in [2.24, 2.45) is 10.8 Å². The van der Waals surface area contributed by atoms with Gasteiger partial charge >= 0.3 is 0 Å². The Hall–Kier alpha value is -4.15. The standard InChI is InChI=1S/C44H45Cl2N5O4/c1-25(52)49-21-44(22-49)23-51(24-44)34-12-10-26-14-28(16-36(54-2)38(26)34)29-6-4-7-30(40(29)45)31-8-5-9-32(41(31)46)33-15-27-11-13-35(39(27)42(48-33)55-3)50-19-43(20-50)17-37(53)47-18-43/h4-9,14-16,34-35H,10-13,17-24H2,1-3H3,(H,47,53)/t34-,35+/m1/s1. The summed E-state index contributed by atoms with van der Waals surface area (Å²) < 4.78 is 12.0. The Labute approximate surface area is 331 Å². The molecule has 0 unspecified atom stereocenters. The molecule has 4 aromatic rings. The van der Waals surface area contributed by atoms with Crippen molar-refractivity contribution in [3.63, 3.8) is 0 Å². The number of aryl methyl sites for hydroxylation is 2. The number of amides is 2. The lowest BCUT2D eigenvalue weighted by atomic mass is 9.71. The molecule has 3 aromatic carbocycles. The highest BCUT2D eigenvalue weighted by Crippen LogP contribution is 2.52. The van der Waals surface area contributed by atoms with Gasteiger partial charge in [0, 0.05) is 115 Å². The molecule has 4 fully saturated rings. The first-order valence-electron chi connectivity index (χ1n) is 19.5. The van der Waals surface area contributed by atoms with E-state index in [1.54, 1.807) is 21.1 Å². The van der Waals surface area contributed by atoms with Gasteiger partial charge in [-0.2, -0.15) is 0 Å². The van der Waals surface area contributed by atoms with Crippen LogP contribution in [0.1, 0.15) is 60.5 Å². The monoisotopic (exact) mass is 777 g/mol. The number of methoxy groups -OCH3 is 2. The highest BCUT2D eigenvalue weighted by atomic mass is 35.5. The Morgan fingerprint density at radius 3 is 2.00 bits per heavy atom. The third-order valence-electron chi connectivity index (χ3n) is 13.4. The van der Waals surface area contributed by atoms with Crippen LogP contribution in [-0.4, -0.2) is 91.5 Å². The van der Waals surface area contributed by atoms with Gasteiger partial charge in [0.25, 0.3) is 0 Å². The quantitative estimate of drug-likeness (QED) is 0.210. The van der Waals surface area contributed by atoms with Gasteiger partial charge in [0.2, 0.25) is 17.7 Å². The van der Waals surface area contributed by atoms with Gasteiger partial charge in [-0.05, 0) is 54.5 Å². The smallest absolute Gasteiger partial charge is 0.220 e. The minimum absolute atomic E-state index is 0.0678. The fraction of sp³-hybridized carbons (Fsp3) is 0.432. The average Bonchev–Trinajstić information content (AvgIpc) is 3.86. The van der Waals surface area contributed by atoms with Crippen LogP contribution in [0.25, 0.3) is 33.5 Å². The number of hydrogen-bond acceptors (Lipinski definition) is 7. The summed E-state index contributed by atoms with van der Waals surface area (Å²) >= 11 is 14.6. The van der Waals surface area contributed by atoms with Crippen molar-refractivity contribution in [2.45, 2.75) is 51.1 Å². The van der Waals surface area contributed by atoms with Crippen LogP contribution in [0.4, 0.5) is 0 Å². The number of nitrogens with one attached hydrogen (secondary N) is 1. The molecule has 9 nitrogen and oxygen atoms in total. The van der Waals surface area contributed by atoms with Gasteiger partial charge in [0.15, 0.2) is 0 Å². The molecule has 2 amide bonds. The Morgan fingerprint density at radius 2 is 1.38 bits per heavy atom. The fourth-order valence-corrected chi connectivity index (χ4v) is 11.4. The molecule has 0 radical (unpaired) electrons. The van der Waals surface area contributed by atoms with E-state index in [0.717, 1.165) is 116 Å². The fourth-order valence-electron chi connectivity index (χ4n) is 10.8. The van der Waals surface area contributed by atoms with Crippen LogP contribution in [0.3, 0.4) is 0 Å². The summed E-state index contributed by atoms with van der Waals surface area (Å²) in [6.07, 6.45) is 4.58. The van der Waals surface area contributed by atoms with Gasteiger partial charge in [-0.1, -0.05) is 65.7 Å². The van der Waals surface area contributed by atoms with Crippen LogP contribution < -0.4 is 14.8 Å². The van der Waals surface area contributed by atoms with Crippen LogP contribution in [0, 0.1) is 10.8 Å². The molecule has 4 aliphatic heterocycles. The number of rotatable bonds is 7. The predicted molar refractivity (Wildman–Crippen MR) is 214 cm³/mol. The van der Waals surface area contributed by atoms with Gasteiger partial charge in [-0.15, -0.1) is 0 Å². The number of likely N-dealkylation sites (tertiary alicyclic amines) is 3. The number of hydrogen-bond donors (Lipinski definition) is 1. The highest BCUT2D eigenvalue weighted by molar-refractivity contribution is 6.39. The molecule has 6 aliphatic rings. The van der Waals surface area contributed by atoms with E-state index in [-0.39, 0.29) is 28.7 Å². The number of halogens is 2. The maximum absolute atomic E-state index is 11.9. The lowest BCUT2D eigenvalue weighted by molar-refractivity contribution is -0.161. The summed E-state index contributed by atoms with van der Waals surface area (Å²) in [4.78, 5) is 35.8. The van der Waals surface area contributed by atoms with Crippen LogP contribution >= 0.6 is 23.2 Å². The summed E-state index contributed by atoms with van der Waals surface area (Å²) in [6, 6.07) is 19.3. The lowest BCUT2D eigenvalue weighted by Gasteiger charge is -2.61. The Balaban J connectivity index is 0.923. The molecule has 284 valence electrons. The molecular formula is C44H45Cl2N5O4. The van der Waals surface area contributed by atoms with Crippen molar-refractivity contribution >= 4 is 35.0 Å². The second-order valence-corrected chi connectivity index (χ2v) is 17.7. The van der Waals surface area contributed by atoms with E-state index in [2.05, 4.69) is 39.4 Å². The van der Waals surface area contributed by atoms with E-state index in [4.69, 9.17) is 37.7 Å². The van der Waals surface area contributed by atoms with Crippen LogP contribution in [-0.2, 0) is 22.4 Å². The second-order valence-electron chi connectivity index (χ2n) is 16.9. The van der Waals surface area contributed by atoms with Crippen molar-refractivity contribution in [1.29, 1.82) is 0 Å². The van der Waals surface area contributed by atoms with Crippen molar-refractivity contribution in [1.82, 2.24) is 25.0 Å². The van der Waals surface area contributed by atoms with Gasteiger partial charge in [0.05, 0.1) is 30.0 Å². The lowest BCUT2D eigenvalue weighted by Crippen LogP contribution is -2.72. The zero-order valence-electron chi connectivity index (χ0n) is 31.5. The molecule has 10 rings (SSSR count). The molecular weight excluding hydrogens is 733 g/mol. The van der Waals surface area contributed by atoms with Crippen molar-refractivity contribution in [3.8, 4) is 45.1 Å². The Bertz CT molecular complexity index is 2270. The summed E-state index contributed by atoms with van der Waals surface area (Å²) in [5.41, 5.74) is 10.6. The first-order chi connectivity index (χ1) is 26.6. The topological polar surface area (TPSA) is 87.2 Å². The number of carbonyl (C=O) groups excluding carboxylic acids is 2. The molecule has 4 saturated heterocycles. The van der Waals surface area contributed by atoms with E-state index < -0.39 is 0 Å². The zero-order valence-corrected chi connectivity index (χ0v) is 33.0. The summed E-state index contributed by atoms with van der Waals surface area (Å²) in [6.45, 7) is 8.05. The molecule has 0 bridgehead atoms. The van der Waals surface area contributed by atoms with Crippen LogP contribution in [0.5, 0.6) is 11.6 Å². The van der Waals surface area contributed by atoms with E-state index in [1.165, 1.54) is 16.7 Å². The number of benzene rings is 3. The predicted octanol–water partition coefficient (Wildman–Crippen LogP) is 7.37. The van der Waals surface area contributed by atoms with E-state index in [0.29, 0.717) is 28.4 Å². The van der Waals surface area contributed by atoms with Crippen LogP contribution in [0.2, 0.25) is 10.0 Å². The van der Waals surface area contributed by atoms with Crippen molar-refractivity contribution in [3.05, 3.63) is 86.9 Å². The van der Waals surface area contributed by atoms with E-state index in [1.807, 2.05) is 35.2 Å². The summed E-state index contributed by atoms with van der Waals surface area (Å²) in [5, 5.41) is 4.25. The Morgan fingerprint density at radius 1 is 0.782 bits per heavy atom. The molecule has 1 aromatic heterocycles. The number of pyridine rings is 1. The minimum atomic E-state index is 0.0678. The van der Waals surface area contributed by atoms with Crippen molar-refractivity contribution in [2.75, 3.05) is 60.0 Å². The van der Waals surface area contributed by atoms with Gasteiger partial charge < -0.3 is 19.7 Å². The molecule has 2 spiro atoms. The minimum Gasteiger partial charge on any atom is -0.496 e. The van der Waals surface area contributed by atoms with Gasteiger partial charge in [-0.3, -0.25) is 19.4 Å². The van der Waals surface area contributed by atoms with E-state index >= 15 is 0 Å². The molecule has 1 N–H and O–H groups in total. The number of nitrogens with zero attached hydrogens (tertiary/aromatic N) is 4. The zero-order chi connectivity index (χ0) is 37.8. The van der Waals surface area contributed by atoms with Gasteiger partial charge in [0.1, 0.15) is 5.75 Å². The average molecular weight is 779 g/mol. The summed E-state index contributed by atoms with van der Waals surface area (Å²) in [5.74, 6) is 1.87. The number of carbonyl (C=O) groups is 2. The summed E-state index contributed by atoms with van der Waals surface area (Å²) in [7, 11) is 3.45. The van der Waals surface area contributed by atoms with Gasteiger partial charge in [-0.25, -0.2) is 4.98 Å². The maximum atomic E-state index is 11.9. The first kappa shape index (κ1) is 35.3. The molecule has 55 heavy (non-hydrogen) atoms. The molecule has 5 heterocycles.